The summed E-state index contributed by atoms with van der Waals surface area (Å²) in [5, 5.41) is 5.45. The van der Waals surface area contributed by atoms with E-state index in [9.17, 15) is 9.59 Å². The summed E-state index contributed by atoms with van der Waals surface area (Å²) in [4.78, 5) is 22.4. The average Bonchev–Trinajstić information content (AvgIpc) is 2.37. The molecule has 4 nitrogen and oxygen atoms in total. The second-order valence-electron chi connectivity index (χ2n) is 3.57. The van der Waals surface area contributed by atoms with E-state index < -0.39 is 0 Å². The Labute approximate surface area is 116 Å². The monoisotopic (exact) mass is 284 g/mol. The number of thioether (sulfide) groups is 1. The van der Waals surface area contributed by atoms with Crippen molar-refractivity contribution in [2.24, 2.45) is 0 Å². The van der Waals surface area contributed by atoms with Crippen LogP contribution in [0.15, 0.2) is 30.3 Å². The maximum absolute atomic E-state index is 11.7. The van der Waals surface area contributed by atoms with E-state index in [4.69, 9.17) is 0 Å². The number of carbonyl (C=O) groups is 2. The molecule has 1 rings (SSSR count). The van der Waals surface area contributed by atoms with Gasteiger partial charge in [-0.2, -0.15) is 12.6 Å². The Morgan fingerprint density at radius 2 is 1.94 bits per heavy atom. The first-order valence-electron chi connectivity index (χ1n) is 5.47. The third-order valence-corrected chi connectivity index (χ3v) is 3.56. The van der Waals surface area contributed by atoms with E-state index in [0.29, 0.717) is 18.0 Å². The van der Waals surface area contributed by atoms with E-state index in [1.165, 1.54) is 18.7 Å². The van der Waals surface area contributed by atoms with Gasteiger partial charge < -0.3 is 10.6 Å². The lowest BCUT2D eigenvalue weighted by Gasteiger charge is -2.11. The van der Waals surface area contributed by atoms with Gasteiger partial charge in [0.05, 0.1) is 10.5 Å². The Morgan fingerprint density at radius 3 is 2.56 bits per heavy atom. The first kappa shape index (κ1) is 14.9. The van der Waals surface area contributed by atoms with Crippen LogP contribution in [-0.4, -0.2) is 28.8 Å². The molecule has 0 aliphatic heterocycles. The summed E-state index contributed by atoms with van der Waals surface area (Å²) in [6, 6.07) is 9.02. The molecule has 0 aliphatic rings. The number of carbonyl (C=O) groups excluding carboxylic acids is 2. The molecule has 98 valence electrons. The largest absolute Gasteiger partial charge is 0.354 e. The van der Waals surface area contributed by atoms with Crippen LogP contribution in [0.2, 0.25) is 0 Å². The number of hydrogen-bond acceptors (Lipinski definition) is 4. The standard InChI is InChI=1S/C12H16N2O2S2/c1-9(15)13-7-11(17)18-8-14-12(16)10-5-3-2-4-6-10/h2-6,11,17H,7-8H2,1H3,(H,13,15)(H,14,16). The predicted molar refractivity (Wildman–Crippen MR) is 77.8 cm³/mol. The van der Waals surface area contributed by atoms with E-state index in [-0.39, 0.29) is 16.4 Å². The molecule has 0 aliphatic carbocycles. The number of benzene rings is 1. The molecule has 0 bridgehead atoms. The topological polar surface area (TPSA) is 58.2 Å². The zero-order chi connectivity index (χ0) is 13.4. The summed E-state index contributed by atoms with van der Waals surface area (Å²) >= 11 is 5.75. The molecule has 0 saturated carbocycles. The summed E-state index contributed by atoms with van der Waals surface area (Å²) in [5.41, 5.74) is 0.635. The molecule has 18 heavy (non-hydrogen) atoms. The van der Waals surface area contributed by atoms with Crippen molar-refractivity contribution in [1.82, 2.24) is 10.6 Å². The highest BCUT2D eigenvalue weighted by atomic mass is 32.2. The molecule has 0 fully saturated rings. The second-order valence-corrected chi connectivity index (χ2v) is 5.74. The number of thiol groups is 1. The van der Waals surface area contributed by atoms with Crippen molar-refractivity contribution in [3.63, 3.8) is 0 Å². The summed E-state index contributed by atoms with van der Waals surface area (Å²) in [6.45, 7) is 1.94. The van der Waals surface area contributed by atoms with Gasteiger partial charge in [-0.3, -0.25) is 9.59 Å². The molecule has 0 saturated heterocycles. The minimum Gasteiger partial charge on any atom is -0.354 e. The first-order chi connectivity index (χ1) is 8.59. The van der Waals surface area contributed by atoms with Crippen LogP contribution >= 0.6 is 24.4 Å². The van der Waals surface area contributed by atoms with Crippen LogP contribution in [0.3, 0.4) is 0 Å². The van der Waals surface area contributed by atoms with Gasteiger partial charge in [-0.25, -0.2) is 0 Å². The Morgan fingerprint density at radius 1 is 1.28 bits per heavy atom. The molecule has 0 spiro atoms. The molecular formula is C12H16N2O2S2. The smallest absolute Gasteiger partial charge is 0.251 e. The van der Waals surface area contributed by atoms with Crippen LogP contribution in [0, 0.1) is 0 Å². The van der Waals surface area contributed by atoms with Crippen molar-refractivity contribution in [3.8, 4) is 0 Å². The number of hydrogen-bond donors (Lipinski definition) is 3. The Kier molecular flexibility index (Phi) is 6.67. The zero-order valence-corrected chi connectivity index (χ0v) is 11.8. The highest BCUT2D eigenvalue weighted by molar-refractivity contribution is 8.10. The molecule has 1 unspecified atom stereocenters. The molecule has 1 atom stereocenters. The fourth-order valence-corrected chi connectivity index (χ4v) is 2.11. The van der Waals surface area contributed by atoms with Gasteiger partial charge in [0.15, 0.2) is 0 Å². The maximum Gasteiger partial charge on any atom is 0.251 e. The molecule has 0 heterocycles. The lowest BCUT2D eigenvalue weighted by Crippen LogP contribution is -2.28. The van der Waals surface area contributed by atoms with E-state index >= 15 is 0 Å². The lowest BCUT2D eigenvalue weighted by molar-refractivity contribution is -0.118. The van der Waals surface area contributed by atoms with Crippen molar-refractivity contribution in [1.29, 1.82) is 0 Å². The molecule has 1 aromatic carbocycles. The van der Waals surface area contributed by atoms with Gasteiger partial charge in [-0.15, -0.1) is 11.8 Å². The summed E-state index contributed by atoms with van der Waals surface area (Å²) in [7, 11) is 0. The van der Waals surface area contributed by atoms with Gasteiger partial charge in [0.2, 0.25) is 5.91 Å². The van der Waals surface area contributed by atoms with Crippen molar-refractivity contribution in [3.05, 3.63) is 35.9 Å². The third kappa shape index (κ3) is 5.97. The minimum atomic E-state index is -0.108. The predicted octanol–water partition coefficient (Wildman–Crippen LogP) is 1.50. The second kappa shape index (κ2) is 8.05. The van der Waals surface area contributed by atoms with Crippen molar-refractivity contribution < 1.29 is 9.59 Å². The fourth-order valence-electron chi connectivity index (χ4n) is 1.18. The van der Waals surface area contributed by atoms with Crippen LogP contribution in [0.5, 0.6) is 0 Å². The number of amides is 2. The van der Waals surface area contributed by atoms with Crippen molar-refractivity contribution >= 4 is 36.2 Å². The SMILES string of the molecule is CC(=O)NCC(S)SCNC(=O)c1ccccc1. The van der Waals surface area contributed by atoms with Gasteiger partial charge in [-0.1, -0.05) is 18.2 Å². The molecule has 2 N–H and O–H groups in total. The number of rotatable bonds is 6. The highest BCUT2D eigenvalue weighted by Crippen LogP contribution is 2.12. The zero-order valence-electron chi connectivity index (χ0n) is 10.1. The van der Waals surface area contributed by atoms with Crippen LogP contribution in [0.1, 0.15) is 17.3 Å². The lowest BCUT2D eigenvalue weighted by atomic mass is 10.2. The Bertz CT molecular complexity index is 398. The molecule has 1 aromatic rings. The normalized spacial score (nSPS) is 11.7. The van der Waals surface area contributed by atoms with Gasteiger partial charge in [-0.05, 0) is 12.1 Å². The molecular weight excluding hydrogens is 268 g/mol. The van der Waals surface area contributed by atoms with Gasteiger partial charge in [0.1, 0.15) is 0 Å². The first-order valence-corrected chi connectivity index (χ1v) is 7.03. The van der Waals surface area contributed by atoms with Gasteiger partial charge in [0.25, 0.3) is 5.91 Å². The summed E-state index contributed by atoms with van der Waals surface area (Å²) in [6.07, 6.45) is 0. The average molecular weight is 284 g/mol. The summed E-state index contributed by atoms with van der Waals surface area (Å²) < 4.78 is -0.0371. The van der Waals surface area contributed by atoms with Crippen LogP contribution in [0.25, 0.3) is 0 Å². The van der Waals surface area contributed by atoms with E-state index in [1.807, 2.05) is 18.2 Å². The van der Waals surface area contributed by atoms with E-state index in [0.717, 1.165) is 0 Å². The maximum atomic E-state index is 11.7. The van der Waals surface area contributed by atoms with Crippen molar-refractivity contribution in [2.45, 2.75) is 11.5 Å². The van der Waals surface area contributed by atoms with E-state index in [1.54, 1.807) is 12.1 Å². The van der Waals surface area contributed by atoms with Crippen LogP contribution in [0.4, 0.5) is 0 Å². The van der Waals surface area contributed by atoms with Crippen molar-refractivity contribution in [2.75, 3.05) is 12.4 Å². The third-order valence-electron chi connectivity index (χ3n) is 2.07. The van der Waals surface area contributed by atoms with Gasteiger partial charge >= 0.3 is 0 Å². The molecule has 0 aromatic heterocycles. The quantitative estimate of drug-likeness (QED) is 0.548. The van der Waals surface area contributed by atoms with Crippen LogP contribution < -0.4 is 10.6 Å². The summed E-state index contributed by atoms with van der Waals surface area (Å²) in [5.74, 6) is 0.271. The fraction of sp³-hybridized carbons (Fsp3) is 0.333. The number of nitrogens with one attached hydrogen (secondary N) is 2. The molecule has 0 radical (unpaired) electrons. The Hall–Kier alpha value is -1.14. The van der Waals surface area contributed by atoms with Gasteiger partial charge in [0, 0.05) is 19.0 Å². The minimum absolute atomic E-state index is 0.0371. The highest BCUT2D eigenvalue weighted by Gasteiger charge is 2.07. The molecule has 2 amide bonds. The van der Waals surface area contributed by atoms with E-state index in [2.05, 4.69) is 23.3 Å². The molecule has 6 heteroatoms. The Balaban J connectivity index is 2.21. The van der Waals surface area contributed by atoms with Crippen LogP contribution in [-0.2, 0) is 4.79 Å².